The molecule has 2 aromatic carbocycles. The van der Waals surface area contributed by atoms with Crippen LogP contribution in [0.1, 0.15) is 37.4 Å². The third-order valence-corrected chi connectivity index (χ3v) is 5.25. The molecule has 2 aromatic rings. The van der Waals surface area contributed by atoms with E-state index in [-0.39, 0.29) is 12.1 Å². The van der Waals surface area contributed by atoms with Gasteiger partial charge in [-0.1, -0.05) is 49.4 Å². The first-order chi connectivity index (χ1) is 15.4. The molecule has 1 aliphatic rings. The van der Waals surface area contributed by atoms with E-state index in [1.54, 1.807) is 36.1 Å². The second kappa shape index (κ2) is 10.5. The van der Waals surface area contributed by atoms with Gasteiger partial charge in [-0.15, -0.1) is 0 Å². The quantitative estimate of drug-likeness (QED) is 0.573. The Balaban J connectivity index is 1.73. The number of carbonyl (C=O) groups is 3. The van der Waals surface area contributed by atoms with Crippen molar-refractivity contribution in [3.8, 4) is 0 Å². The van der Waals surface area contributed by atoms with Gasteiger partial charge < -0.3 is 20.7 Å². The van der Waals surface area contributed by atoms with Gasteiger partial charge >= 0.3 is 18.0 Å². The van der Waals surface area contributed by atoms with Gasteiger partial charge in [0.2, 0.25) is 0 Å². The van der Waals surface area contributed by atoms with E-state index in [1.165, 1.54) is 7.11 Å². The third-order valence-electron chi connectivity index (χ3n) is 5.25. The largest absolute Gasteiger partial charge is 0.466 e. The highest BCUT2D eigenvalue weighted by Gasteiger charge is 2.35. The average molecular weight is 437 g/mol. The van der Waals surface area contributed by atoms with E-state index in [0.29, 0.717) is 35.6 Å². The van der Waals surface area contributed by atoms with Gasteiger partial charge in [0.1, 0.15) is 0 Å². The number of rotatable bonds is 7. The molecule has 8 nitrogen and oxygen atoms in total. The summed E-state index contributed by atoms with van der Waals surface area (Å²) in [5, 5.41) is 8.47. The van der Waals surface area contributed by atoms with Crippen LogP contribution in [-0.4, -0.2) is 36.6 Å². The third kappa shape index (κ3) is 5.26. The van der Waals surface area contributed by atoms with Gasteiger partial charge in [0, 0.05) is 24.5 Å². The lowest BCUT2D eigenvalue weighted by molar-refractivity contribution is -0.136. The molecule has 1 heterocycles. The highest BCUT2D eigenvalue weighted by molar-refractivity contribution is 5.95. The zero-order valence-corrected chi connectivity index (χ0v) is 18.5. The lowest BCUT2D eigenvalue weighted by atomic mass is 9.94. The summed E-state index contributed by atoms with van der Waals surface area (Å²) in [5.41, 5.74) is 3.27. The van der Waals surface area contributed by atoms with Gasteiger partial charge in [-0.2, -0.15) is 0 Å². The summed E-state index contributed by atoms with van der Waals surface area (Å²) in [5.74, 6) is -0.490. The van der Waals surface area contributed by atoms with E-state index in [0.717, 1.165) is 12.0 Å². The normalized spacial score (nSPS) is 15.8. The number of urea groups is 2. The Bertz CT molecular complexity index is 1000. The fourth-order valence-corrected chi connectivity index (χ4v) is 3.61. The highest BCUT2D eigenvalue weighted by Crippen LogP contribution is 2.31. The maximum Gasteiger partial charge on any atom is 0.337 e. The number of allylic oxidation sites excluding steroid dienone is 1. The molecular weight excluding hydrogens is 408 g/mol. The Hall–Kier alpha value is -3.81. The van der Waals surface area contributed by atoms with Gasteiger partial charge in [-0.05, 0) is 36.6 Å². The molecule has 168 valence electrons. The van der Waals surface area contributed by atoms with E-state index in [4.69, 9.17) is 4.74 Å². The Morgan fingerprint density at radius 3 is 2.41 bits per heavy atom. The van der Waals surface area contributed by atoms with E-state index in [1.807, 2.05) is 37.3 Å². The number of anilines is 1. The van der Waals surface area contributed by atoms with Crippen LogP contribution in [0.5, 0.6) is 0 Å². The van der Waals surface area contributed by atoms with Crippen LogP contribution in [-0.2, 0) is 16.1 Å². The van der Waals surface area contributed by atoms with Crippen LogP contribution >= 0.6 is 0 Å². The molecule has 4 amide bonds. The van der Waals surface area contributed by atoms with Crippen LogP contribution in [0.2, 0.25) is 0 Å². The summed E-state index contributed by atoms with van der Waals surface area (Å²) >= 11 is 0. The Labute approximate surface area is 187 Å². The van der Waals surface area contributed by atoms with Crippen molar-refractivity contribution in [2.45, 2.75) is 32.9 Å². The monoisotopic (exact) mass is 436 g/mol. The molecule has 1 atom stereocenters. The second-order valence-electron chi connectivity index (χ2n) is 7.44. The minimum absolute atomic E-state index is 0.260. The van der Waals surface area contributed by atoms with Crippen molar-refractivity contribution >= 4 is 23.7 Å². The number of carbonyl (C=O) groups excluding carboxylic acids is 3. The fraction of sp³-hybridized carbons (Fsp3) is 0.292. The standard InChI is InChI=1S/C24H28N4O4/c1-4-14-28-16(2)20(22(29)32-3)21(27-24(28)31)18-10-12-19(13-11-18)26-23(30)25-15-17-8-6-5-7-9-17/h5-13,21H,4,14-15H2,1-3H3,(H,27,31)(H2,25,26,30). The molecule has 0 fully saturated rings. The first-order valence-electron chi connectivity index (χ1n) is 10.5. The molecule has 1 aliphatic heterocycles. The molecule has 0 saturated carbocycles. The first kappa shape index (κ1) is 22.9. The van der Waals surface area contributed by atoms with E-state index in [9.17, 15) is 14.4 Å². The number of nitrogens with one attached hydrogen (secondary N) is 3. The molecule has 3 N–H and O–H groups in total. The van der Waals surface area contributed by atoms with Crippen LogP contribution in [0.25, 0.3) is 0 Å². The van der Waals surface area contributed by atoms with Crippen molar-refractivity contribution < 1.29 is 19.1 Å². The number of ether oxygens (including phenoxy) is 1. The van der Waals surface area contributed by atoms with E-state index < -0.39 is 12.0 Å². The van der Waals surface area contributed by atoms with Crippen LogP contribution in [0.15, 0.2) is 65.9 Å². The SMILES string of the molecule is CCCN1C(=O)NC(c2ccc(NC(=O)NCc3ccccc3)cc2)C(C(=O)OC)=C1C. The van der Waals surface area contributed by atoms with Crippen molar-refractivity contribution in [1.29, 1.82) is 0 Å². The van der Waals surface area contributed by atoms with Crippen molar-refractivity contribution in [3.05, 3.63) is 77.0 Å². The predicted octanol–water partition coefficient (Wildman–Crippen LogP) is 3.93. The number of nitrogens with zero attached hydrogens (tertiary/aromatic N) is 1. The Kier molecular flexibility index (Phi) is 7.49. The smallest absolute Gasteiger partial charge is 0.337 e. The zero-order valence-electron chi connectivity index (χ0n) is 18.5. The van der Waals surface area contributed by atoms with Gasteiger partial charge in [0.15, 0.2) is 0 Å². The van der Waals surface area contributed by atoms with Gasteiger partial charge in [0.25, 0.3) is 0 Å². The molecule has 0 aromatic heterocycles. The predicted molar refractivity (Wildman–Crippen MR) is 122 cm³/mol. The minimum atomic E-state index is -0.635. The Morgan fingerprint density at radius 1 is 1.09 bits per heavy atom. The van der Waals surface area contributed by atoms with Crippen molar-refractivity contribution in [2.24, 2.45) is 0 Å². The Morgan fingerprint density at radius 2 is 1.78 bits per heavy atom. The molecular formula is C24H28N4O4. The molecule has 3 rings (SSSR count). The fourth-order valence-electron chi connectivity index (χ4n) is 3.61. The summed E-state index contributed by atoms with van der Waals surface area (Å²) < 4.78 is 4.97. The minimum Gasteiger partial charge on any atom is -0.466 e. The van der Waals surface area contributed by atoms with Crippen LogP contribution in [0.3, 0.4) is 0 Å². The lowest BCUT2D eigenvalue weighted by Gasteiger charge is -2.35. The molecule has 0 aliphatic carbocycles. The average Bonchev–Trinajstić information content (AvgIpc) is 2.81. The van der Waals surface area contributed by atoms with Gasteiger partial charge in [-0.25, -0.2) is 14.4 Å². The summed E-state index contributed by atoms with van der Waals surface area (Å²) in [6.07, 6.45) is 0.760. The van der Waals surface area contributed by atoms with Crippen LogP contribution in [0, 0.1) is 0 Å². The van der Waals surface area contributed by atoms with Gasteiger partial charge in [-0.3, -0.25) is 4.90 Å². The zero-order chi connectivity index (χ0) is 23.1. The molecule has 8 heteroatoms. The summed E-state index contributed by atoms with van der Waals surface area (Å²) in [7, 11) is 1.32. The number of hydrogen-bond donors (Lipinski definition) is 3. The van der Waals surface area contributed by atoms with Crippen molar-refractivity contribution in [3.63, 3.8) is 0 Å². The molecule has 0 radical (unpaired) electrons. The molecule has 0 bridgehead atoms. The summed E-state index contributed by atoms with van der Waals surface area (Å²) in [6, 6.07) is 15.4. The van der Waals surface area contributed by atoms with Crippen molar-refractivity contribution in [2.75, 3.05) is 19.0 Å². The van der Waals surface area contributed by atoms with Crippen LogP contribution in [0.4, 0.5) is 15.3 Å². The van der Waals surface area contributed by atoms with Gasteiger partial charge in [0.05, 0.1) is 18.7 Å². The van der Waals surface area contributed by atoms with E-state index in [2.05, 4.69) is 16.0 Å². The number of esters is 1. The molecule has 0 saturated heterocycles. The molecule has 0 spiro atoms. The highest BCUT2D eigenvalue weighted by atomic mass is 16.5. The van der Waals surface area contributed by atoms with Crippen molar-refractivity contribution in [1.82, 2.24) is 15.5 Å². The molecule has 32 heavy (non-hydrogen) atoms. The maximum atomic E-state index is 12.6. The van der Waals surface area contributed by atoms with Crippen LogP contribution < -0.4 is 16.0 Å². The number of methoxy groups -OCH3 is 1. The maximum absolute atomic E-state index is 12.6. The number of amides is 4. The van der Waals surface area contributed by atoms with E-state index >= 15 is 0 Å². The second-order valence-corrected chi connectivity index (χ2v) is 7.44. The summed E-state index contributed by atoms with van der Waals surface area (Å²) in [6.45, 7) is 4.64. The number of hydrogen-bond acceptors (Lipinski definition) is 4. The number of benzene rings is 2. The topological polar surface area (TPSA) is 99.8 Å². The lowest BCUT2D eigenvalue weighted by Crippen LogP contribution is -2.48. The molecule has 1 unspecified atom stereocenters. The first-order valence-corrected chi connectivity index (χ1v) is 10.5. The summed E-state index contributed by atoms with van der Waals surface area (Å²) in [4.78, 5) is 38.8.